The van der Waals surface area contributed by atoms with Gasteiger partial charge in [-0.1, -0.05) is 0 Å². The van der Waals surface area contributed by atoms with Crippen molar-refractivity contribution in [3.63, 3.8) is 0 Å². The molecule has 0 aliphatic carbocycles. The number of hydrogen-bond donors (Lipinski definition) is 1. The number of pyridine rings is 1. The Morgan fingerprint density at radius 2 is 1.96 bits per heavy atom. The number of piperidine rings is 1. The minimum absolute atomic E-state index is 0.00366. The number of hydrogen-bond acceptors (Lipinski definition) is 4. The van der Waals surface area contributed by atoms with E-state index in [1.165, 1.54) is 19.5 Å². The Balaban J connectivity index is 1.36. The maximum Gasteiger partial charge on any atom is 0.251 e. The number of ether oxygens (including phenoxy) is 1. The average Bonchev–Trinajstić information content (AvgIpc) is 2.96. The molecule has 25 heavy (non-hydrogen) atoms. The molecule has 1 amide bonds. The van der Waals surface area contributed by atoms with E-state index < -0.39 is 0 Å². The second-order valence-corrected chi connectivity index (χ2v) is 7.08. The van der Waals surface area contributed by atoms with Crippen molar-refractivity contribution in [3.8, 4) is 11.5 Å². The van der Waals surface area contributed by atoms with Crippen LogP contribution in [0.3, 0.4) is 0 Å². The summed E-state index contributed by atoms with van der Waals surface area (Å²) in [6, 6.07) is 11.3. The largest absolute Gasteiger partial charge is 0.456 e. The van der Waals surface area contributed by atoms with Crippen molar-refractivity contribution in [2.75, 3.05) is 19.6 Å². The molecule has 5 heteroatoms. The van der Waals surface area contributed by atoms with Crippen LogP contribution >= 0.6 is 0 Å². The molecule has 3 heterocycles. The van der Waals surface area contributed by atoms with E-state index >= 15 is 0 Å². The van der Waals surface area contributed by atoms with Gasteiger partial charge in [0.05, 0.1) is 6.20 Å². The first kappa shape index (κ1) is 16.1. The number of nitrogens with zero attached hydrogens (tertiary/aromatic N) is 2. The fourth-order valence-corrected chi connectivity index (χ4v) is 3.76. The average molecular weight is 337 g/mol. The van der Waals surface area contributed by atoms with Gasteiger partial charge >= 0.3 is 0 Å². The van der Waals surface area contributed by atoms with Crippen molar-refractivity contribution < 1.29 is 9.53 Å². The van der Waals surface area contributed by atoms with Crippen molar-refractivity contribution in [2.45, 2.75) is 25.8 Å². The zero-order valence-electron chi connectivity index (χ0n) is 14.4. The molecule has 0 spiro atoms. The third kappa shape index (κ3) is 3.82. The van der Waals surface area contributed by atoms with Gasteiger partial charge in [-0.25, -0.2) is 0 Å². The molecule has 130 valence electrons. The zero-order valence-corrected chi connectivity index (χ0v) is 14.4. The molecule has 2 fully saturated rings. The maximum atomic E-state index is 12.5. The number of nitrogens with one attached hydrogen (secondary N) is 1. The second-order valence-electron chi connectivity index (χ2n) is 7.08. The van der Waals surface area contributed by atoms with E-state index in [-0.39, 0.29) is 11.9 Å². The standard InChI is InChI=1S/C20H23N3O2/c1-14-2-5-19(11-21-14)25-18-6-3-16(4-7-18)20(24)22-17-10-15-8-9-23(12-15)13-17/h2-7,11,15,17H,8-10,12-13H2,1H3,(H,22,24)/t15-,17+/m0/s1. The number of aryl methyl sites for hydroxylation is 1. The molecular formula is C20H23N3O2. The van der Waals surface area contributed by atoms with Gasteiger partial charge in [0, 0.05) is 30.4 Å². The lowest BCUT2D eigenvalue weighted by Crippen LogP contribution is -2.46. The Morgan fingerprint density at radius 1 is 1.16 bits per heavy atom. The van der Waals surface area contributed by atoms with E-state index in [0.29, 0.717) is 17.1 Å². The summed E-state index contributed by atoms with van der Waals surface area (Å²) in [6.45, 7) is 5.29. The van der Waals surface area contributed by atoms with Crippen LogP contribution in [0.1, 0.15) is 28.9 Å². The summed E-state index contributed by atoms with van der Waals surface area (Å²) in [4.78, 5) is 19.1. The molecule has 2 aromatic rings. The smallest absolute Gasteiger partial charge is 0.251 e. The molecule has 0 radical (unpaired) electrons. The van der Waals surface area contributed by atoms with Crippen molar-refractivity contribution in [1.82, 2.24) is 15.2 Å². The molecule has 5 nitrogen and oxygen atoms in total. The highest BCUT2D eigenvalue weighted by Crippen LogP contribution is 2.27. The summed E-state index contributed by atoms with van der Waals surface area (Å²) in [5, 5.41) is 3.18. The topological polar surface area (TPSA) is 54.5 Å². The van der Waals surface area contributed by atoms with Gasteiger partial charge in [0.1, 0.15) is 11.5 Å². The summed E-state index contributed by atoms with van der Waals surface area (Å²) in [5.41, 5.74) is 1.62. The predicted octanol–water partition coefficient (Wildman–Crippen LogP) is 3.01. The molecule has 2 bridgehead atoms. The minimum Gasteiger partial charge on any atom is -0.456 e. The normalized spacial score (nSPS) is 24.8. The van der Waals surface area contributed by atoms with Crippen LogP contribution in [0.2, 0.25) is 0 Å². The van der Waals surface area contributed by atoms with E-state index in [1.54, 1.807) is 6.20 Å². The van der Waals surface area contributed by atoms with Crippen LogP contribution in [0, 0.1) is 12.8 Å². The van der Waals surface area contributed by atoms with Crippen molar-refractivity contribution in [2.24, 2.45) is 5.92 Å². The highest BCUT2D eigenvalue weighted by Gasteiger charge is 2.32. The summed E-state index contributed by atoms with van der Waals surface area (Å²) < 4.78 is 5.75. The van der Waals surface area contributed by atoms with Crippen molar-refractivity contribution in [3.05, 3.63) is 53.9 Å². The minimum atomic E-state index is -0.00366. The molecule has 1 unspecified atom stereocenters. The Bertz CT molecular complexity index is 731. The van der Waals surface area contributed by atoms with E-state index in [4.69, 9.17) is 4.74 Å². The Morgan fingerprint density at radius 3 is 2.68 bits per heavy atom. The number of rotatable bonds is 4. The lowest BCUT2D eigenvalue weighted by atomic mass is 9.96. The van der Waals surface area contributed by atoms with E-state index in [0.717, 1.165) is 24.6 Å². The van der Waals surface area contributed by atoms with Gasteiger partial charge in [-0.2, -0.15) is 0 Å². The van der Waals surface area contributed by atoms with Crippen LogP contribution in [0.5, 0.6) is 11.5 Å². The molecule has 3 atom stereocenters. The molecule has 1 N–H and O–H groups in total. The van der Waals surface area contributed by atoms with Crippen LogP contribution in [0.15, 0.2) is 42.6 Å². The van der Waals surface area contributed by atoms with Gasteiger partial charge in [-0.15, -0.1) is 0 Å². The van der Waals surface area contributed by atoms with Gasteiger partial charge in [0.25, 0.3) is 5.91 Å². The first-order chi connectivity index (χ1) is 12.2. The first-order valence-corrected chi connectivity index (χ1v) is 8.89. The van der Waals surface area contributed by atoms with Crippen LogP contribution in [-0.4, -0.2) is 41.5 Å². The second kappa shape index (κ2) is 6.84. The van der Waals surface area contributed by atoms with Gasteiger partial charge in [-0.3, -0.25) is 9.78 Å². The zero-order chi connectivity index (χ0) is 17.2. The van der Waals surface area contributed by atoms with Gasteiger partial charge in [0.2, 0.25) is 0 Å². The summed E-state index contributed by atoms with van der Waals surface area (Å²) in [7, 11) is 0. The number of carbonyl (C=O) groups is 1. The van der Waals surface area contributed by atoms with Crippen LogP contribution in [-0.2, 0) is 0 Å². The van der Waals surface area contributed by atoms with E-state index in [1.807, 2.05) is 43.3 Å². The van der Waals surface area contributed by atoms with Crippen LogP contribution < -0.4 is 10.1 Å². The lowest BCUT2D eigenvalue weighted by molar-refractivity contribution is 0.0909. The highest BCUT2D eigenvalue weighted by atomic mass is 16.5. The summed E-state index contributed by atoms with van der Waals surface area (Å²) in [6.07, 6.45) is 4.07. The number of fused-ring (bicyclic) bond motifs is 2. The van der Waals surface area contributed by atoms with Crippen LogP contribution in [0.25, 0.3) is 0 Å². The maximum absolute atomic E-state index is 12.5. The number of amides is 1. The number of aromatic nitrogens is 1. The SMILES string of the molecule is Cc1ccc(Oc2ccc(C(=O)N[C@@H]3C[C@@H]4CCN(C4)C3)cc2)cn1. The predicted molar refractivity (Wildman–Crippen MR) is 95.9 cm³/mol. The quantitative estimate of drug-likeness (QED) is 0.932. The monoisotopic (exact) mass is 337 g/mol. The highest BCUT2D eigenvalue weighted by molar-refractivity contribution is 5.94. The fraction of sp³-hybridized carbons (Fsp3) is 0.400. The number of benzene rings is 1. The summed E-state index contributed by atoms with van der Waals surface area (Å²) in [5.74, 6) is 2.13. The molecule has 0 saturated carbocycles. The van der Waals surface area contributed by atoms with Crippen molar-refractivity contribution >= 4 is 5.91 Å². The van der Waals surface area contributed by atoms with Crippen LogP contribution in [0.4, 0.5) is 0 Å². The van der Waals surface area contributed by atoms with Crippen molar-refractivity contribution in [1.29, 1.82) is 0 Å². The Kier molecular flexibility index (Phi) is 4.40. The molecule has 2 aliphatic heterocycles. The van der Waals surface area contributed by atoms with E-state index in [2.05, 4.69) is 15.2 Å². The lowest BCUT2D eigenvalue weighted by Gasteiger charge is -2.30. The van der Waals surface area contributed by atoms with E-state index in [9.17, 15) is 4.79 Å². The third-order valence-corrected chi connectivity index (χ3v) is 5.04. The Hall–Kier alpha value is -2.40. The Labute approximate surface area is 148 Å². The van der Waals surface area contributed by atoms with Gasteiger partial charge < -0.3 is 15.0 Å². The summed E-state index contributed by atoms with van der Waals surface area (Å²) >= 11 is 0. The fourth-order valence-electron chi connectivity index (χ4n) is 3.76. The number of carbonyl (C=O) groups excluding carboxylic acids is 1. The molecule has 4 rings (SSSR count). The third-order valence-electron chi connectivity index (χ3n) is 5.04. The first-order valence-electron chi connectivity index (χ1n) is 8.89. The molecule has 1 aromatic carbocycles. The molecule has 1 aromatic heterocycles. The van der Waals surface area contributed by atoms with Gasteiger partial charge in [0.15, 0.2) is 0 Å². The molecule has 2 saturated heterocycles. The molecule has 2 aliphatic rings. The molecular weight excluding hydrogens is 314 g/mol. The van der Waals surface area contributed by atoms with Gasteiger partial charge in [-0.05, 0) is 68.6 Å².